The van der Waals surface area contributed by atoms with Crippen molar-refractivity contribution in [2.45, 2.75) is 32.2 Å². The molecule has 1 saturated heterocycles. The molecule has 1 N–H and O–H groups in total. The van der Waals surface area contributed by atoms with Crippen LogP contribution in [0.3, 0.4) is 0 Å². The highest BCUT2D eigenvalue weighted by atomic mass is 16.5. The van der Waals surface area contributed by atoms with Gasteiger partial charge in [0, 0.05) is 25.0 Å². The molecule has 32 heavy (non-hydrogen) atoms. The molecule has 2 heterocycles. The van der Waals surface area contributed by atoms with Crippen molar-refractivity contribution in [3.63, 3.8) is 0 Å². The lowest BCUT2D eigenvalue weighted by atomic mass is 9.86. The van der Waals surface area contributed by atoms with Gasteiger partial charge in [0.2, 0.25) is 0 Å². The number of ether oxygens (including phenoxy) is 1. The molecule has 0 radical (unpaired) electrons. The lowest BCUT2D eigenvalue weighted by molar-refractivity contribution is 0.0162. The molecule has 4 rings (SSSR count). The summed E-state index contributed by atoms with van der Waals surface area (Å²) in [6, 6.07) is 17.3. The van der Waals surface area contributed by atoms with Gasteiger partial charge in [0.1, 0.15) is 11.1 Å². The van der Waals surface area contributed by atoms with E-state index >= 15 is 0 Å². The Labute approximate surface area is 188 Å². The lowest BCUT2D eigenvalue weighted by Crippen LogP contribution is -2.44. The van der Waals surface area contributed by atoms with Crippen LogP contribution in [0.15, 0.2) is 63.8 Å². The summed E-state index contributed by atoms with van der Waals surface area (Å²) in [4.78, 5) is 27.6. The van der Waals surface area contributed by atoms with Gasteiger partial charge < -0.3 is 14.5 Å². The first-order chi connectivity index (χ1) is 15.3. The molecule has 3 aromatic rings. The van der Waals surface area contributed by atoms with E-state index in [2.05, 4.69) is 55.3 Å². The van der Waals surface area contributed by atoms with Crippen LogP contribution < -0.4 is 10.9 Å². The van der Waals surface area contributed by atoms with Crippen LogP contribution in [0.1, 0.15) is 48.3 Å². The van der Waals surface area contributed by atoms with Crippen LogP contribution in [0.4, 0.5) is 0 Å². The first kappa shape index (κ1) is 22.2. The van der Waals surface area contributed by atoms with Crippen molar-refractivity contribution in [3.8, 4) is 0 Å². The number of carbonyl (C=O) groups excluding carboxylic acids is 1. The van der Waals surface area contributed by atoms with Gasteiger partial charge in [-0.25, -0.2) is 4.79 Å². The summed E-state index contributed by atoms with van der Waals surface area (Å²) in [5, 5.41) is 3.69. The zero-order valence-electron chi connectivity index (χ0n) is 18.9. The molecule has 1 aliphatic heterocycles. The smallest absolute Gasteiger partial charge is 0.349 e. The highest BCUT2D eigenvalue weighted by Gasteiger charge is 2.25. The summed E-state index contributed by atoms with van der Waals surface area (Å²) in [6.07, 6.45) is 0. The number of carbonyl (C=O) groups is 1. The van der Waals surface area contributed by atoms with Crippen molar-refractivity contribution in [1.82, 2.24) is 10.2 Å². The molecule has 1 fully saturated rings. The molecule has 0 unspecified atom stereocenters. The SMILES string of the molecule is CC(C)(C)c1ccc([C@H](CNC(=O)c2cc3ccccc3oc2=O)N2CCOCC2)cc1. The minimum Gasteiger partial charge on any atom is -0.422 e. The quantitative estimate of drug-likeness (QED) is 0.617. The average molecular weight is 435 g/mol. The summed E-state index contributed by atoms with van der Waals surface area (Å²) in [7, 11) is 0. The Balaban J connectivity index is 1.55. The summed E-state index contributed by atoms with van der Waals surface area (Å²) in [5.74, 6) is -0.422. The summed E-state index contributed by atoms with van der Waals surface area (Å²) < 4.78 is 10.8. The molecule has 6 heteroatoms. The van der Waals surface area contributed by atoms with Crippen molar-refractivity contribution in [1.29, 1.82) is 0 Å². The van der Waals surface area contributed by atoms with Crippen molar-refractivity contribution >= 4 is 16.9 Å². The topological polar surface area (TPSA) is 71.8 Å². The van der Waals surface area contributed by atoms with Gasteiger partial charge in [-0.15, -0.1) is 0 Å². The first-order valence-corrected chi connectivity index (χ1v) is 11.1. The third-order valence-electron chi connectivity index (χ3n) is 5.99. The normalized spacial score (nSPS) is 16.1. The minimum atomic E-state index is -0.626. The van der Waals surface area contributed by atoms with E-state index in [9.17, 15) is 9.59 Å². The number of hydrogen-bond donors (Lipinski definition) is 1. The van der Waals surface area contributed by atoms with Crippen LogP contribution in [0, 0.1) is 0 Å². The zero-order chi connectivity index (χ0) is 22.7. The number of morpholine rings is 1. The number of para-hydroxylation sites is 1. The van der Waals surface area contributed by atoms with E-state index in [-0.39, 0.29) is 17.0 Å². The van der Waals surface area contributed by atoms with Gasteiger partial charge in [-0.3, -0.25) is 9.69 Å². The van der Waals surface area contributed by atoms with E-state index in [0.29, 0.717) is 25.3 Å². The average Bonchev–Trinajstić information content (AvgIpc) is 2.79. The van der Waals surface area contributed by atoms with Crippen LogP contribution in [0.2, 0.25) is 0 Å². The second-order valence-corrected chi connectivity index (χ2v) is 9.23. The molecule has 0 aliphatic carbocycles. The predicted molar refractivity (Wildman–Crippen MR) is 125 cm³/mol. The Morgan fingerprint density at radius 2 is 1.75 bits per heavy atom. The Kier molecular flexibility index (Phi) is 6.44. The molecule has 1 aliphatic rings. The fourth-order valence-corrected chi connectivity index (χ4v) is 4.06. The van der Waals surface area contributed by atoms with Gasteiger partial charge >= 0.3 is 5.63 Å². The van der Waals surface area contributed by atoms with Crippen molar-refractivity contribution < 1.29 is 13.9 Å². The Hall–Kier alpha value is -2.96. The van der Waals surface area contributed by atoms with Crippen molar-refractivity contribution in [3.05, 3.63) is 81.7 Å². The lowest BCUT2D eigenvalue weighted by Gasteiger charge is -2.35. The third kappa shape index (κ3) is 4.92. The molecular formula is C26H30N2O4. The molecule has 0 spiro atoms. The van der Waals surface area contributed by atoms with Crippen LogP contribution in [-0.2, 0) is 10.2 Å². The van der Waals surface area contributed by atoms with Gasteiger partial charge in [-0.1, -0.05) is 63.2 Å². The maximum Gasteiger partial charge on any atom is 0.349 e. The van der Waals surface area contributed by atoms with Gasteiger partial charge in [-0.05, 0) is 28.7 Å². The number of fused-ring (bicyclic) bond motifs is 1. The van der Waals surface area contributed by atoms with E-state index < -0.39 is 11.5 Å². The van der Waals surface area contributed by atoms with Gasteiger partial charge in [-0.2, -0.15) is 0 Å². The highest BCUT2D eigenvalue weighted by Crippen LogP contribution is 2.26. The largest absolute Gasteiger partial charge is 0.422 e. The zero-order valence-corrected chi connectivity index (χ0v) is 18.9. The Morgan fingerprint density at radius 3 is 2.44 bits per heavy atom. The molecule has 1 amide bonds. The van der Waals surface area contributed by atoms with Gasteiger partial charge in [0.15, 0.2) is 0 Å². The van der Waals surface area contributed by atoms with Crippen LogP contribution in [0.25, 0.3) is 11.0 Å². The molecular weight excluding hydrogens is 404 g/mol. The van der Waals surface area contributed by atoms with E-state index in [1.54, 1.807) is 18.2 Å². The van der Waals surface area contributed by atoms with Gasteiger partial charge in [0.05, 0.1) is 19.3 Å². The summed E-state index contributed by atoms with van der Waals surface area (Å²) >= 11 is 0. The second-order valence-electron chi connectivity index (χ2n) is 9.23. The van der Waals surface area contributed by atoms with E-state index in [1.807, 2.05) is 12.1 Å². The summed E-state index contributed by atoms with van der Waals surface area (Å²) in [6.45, 7) is 9.88. The fourth-order valence-electron chi connectivity index (χ4n) is 4.06. The minimum absolute atomic E-state index is 0.00985. The number of amides is 1. The van der Waals surface area contributed by atoms with Crippen LogP contribution in [-0.4, -0.2) is 43.7 Å². The monoisotopic (exact) mass is 434 g/mol. The molecule has 6 nitrogen and oxygen atoms in total. The second kappa shape index (κ2) is 9.27. The Bertz CT molecular complexity index is 1140. The van der Waals surface area contributed by atoms with E-state index in [4.69, 9.17) is 9.15 Å². The third-order valence-corrected chi connectivity index (χ3v) is 5.99. The molecule has 0 saturated carbocycles. The van der Waals surface area contributed by atoms with E-state index in [1.165, 1.54) is 5.56 Å². The number of nitrogens with one attached hydrogen (secondary N) is 1. The standard InChI is InChI=1S/C26H30N2O4/c1-26(2,3)20-10-8-18(9-11-20)22(28-12-14-31-15-13-28)17-27-24(29)21-16-19-6-4-5-7-23(19)32-25(21)30/h4-11,16,22H,12-15,17H2,1-3H3,(H,27,29)/t22-/m0/s1. The maximum absolute atomic E-state index is 12.9. The Morgan fingerprint density at radius 1 is 1.06 bits per heavy atom. The summed E-state index contributed by atoms with van der Waals surface area (Å²) in [5.41, 5.74) is 2.33. The van der Waals surface area contributed by atoms with Crippen LogP contribution in [0.5, 0.6) is 0 Å². The maximum atomic E-state index is 12.9. The molecule has 2 aromatic carbocycles. The number of benzene rings is 2. The predicted octanol–water partition coefficient (Wildman–Crippen LogP) is 3.89. The van der Waals surface area contributed by atoms with Crippen LogP contribution >= 0.6 is 0 Å². The number of hydrogen-bond acceptors (Lipinski definition) is 5. The first-order valence-electron chi connectivity index (χ1n) is 11.1. The molecule has 1 atom stereocenters. The van der Waals surface area contributed by atoms with Crippen molar-refractivity contribution in [2.24, 2.45) is 0 Å². The fraction of sp³-hybridized carbons (Fsp3) is 0.385. The number of nitrogens with zero attached hydrogens (tertiary/aromatic N) is 1. The molecule has 168 valence electrons. The highest BCUT2D eigenvalue weighted by molar-refractivity contribution is 5.96. The van der Waals surface area contributed by atoms with Gasteiger partial charge in [0.25, 0.3) is 5.91 Å². The molecule has 1 aromatic heterocycles. The van der Waals surface area contributed by atoms with E-state index in [0.717, 1.165) is 24.0 Å². The molecule has 0 bridgehead atoms. The van der Waals surface area contributed by atoms with Crippen molar-refractivity contribution in [2.75, 3.05) is 32.8 Å². The number of rotatable bonds is 5.